The van der Waals surface area contributed by atoms with E-state index in [2.05, 4.69) is 43.3 Å². The molecule has 1 aliphatic heterocycles. The van der Waals surface area contributed by atoms with E-state index in [-0.39, 0.29) is 5.54 Å². The molecule has 3 nitrogen and oxygen atoms in total. The zero-order valence-electron chi connectivity index (χ0n) is 11.3. The van der Waals surface area contributed by atoms with Gasteiger partial charge in [-0.1, -0.05) is 0 Å². The van der Waals surface area contributed by atoms with Gasteiger partial charge in [0, 0.05) is 23.0 Å². The molecule has 0 aromatic carbocycles. The second kappa shape index (κ2) is 5.04. The second-order valence-corrected chi connectivity index (χ2v) is 6.61. The summed E-state index contributed by atoms with van der Waals surface area (Å²) in [5.41, 5.74) is 1.46. The van der Waals surface area contributed by atoms with E-state index < -0.39 is 0 Å². The summed E-state index contributed by atoms with van der Waals surface area (Å²) in [6.07, 6.45) is 2.57. The molecule has 1 aromatic heterocycles. The average Bonchev–Trinajstić information content (AvgIpc) is 2.83. The Labute approximate surface area is 108 Å². The van der Waals surface area contributed by atoms with Crippen molar-refractivity contribution >= 4 is 11.3 Å². The Balaban J connectivity index is 1.93. The fraction of sp³-hybridized carbons (Fsp3) is 0.769. The van der Waals surface area contributed by atoms with E-state index >= 15 is 0 Å². The molecule has 0 saturated carbocycles. The number of hydrogen-bond donors (Lipinski definition) is 2. The Bertz CT molecular complexity index is 380. The zero-order chi connectivity index (χ0) is 12.5. The van der Waals surface area contributed by atoms with E-state index in [0.29, 0.717) is 6.04 Å². The standard InChI is InChI=1S/C13H23N3S/c1-9(12-10(2)16-11(3)17-12)14-8-13(4)6-5-7-15-13/h9,14-15H,5-8H2,1-4H3. The van der Waals surface area contributed by atoms with E-state index in [4.69, 9.17) is 0 Å². The summed E-state index contributed by atoms with van der Waals surface area (Å²) in [6, 6.07) is 0.403. The molecule has 0 spiro atoms. The highest BCUT2D eigenvalue weighted by atomic mass is 32.1. The minimum absolute atomic E-state index is 0.280. The van der Waals surface area contributed by atoms with Gasteiger partial charge < -0.3 is 10.6 Å². The van der Waals surface area contributed by atoms with E-state index in [0.717, 1.165) is 18.1 Å². The van der Waals surface area contributed by atoms with Crippen LogP contribution >= 0.6 is 11.3 Å². The van der Waals surface area contributed by atoms with Crippen LogP contribution in [0.1, 0.15) is 48.3 Å². The summed E-state index contributed by atoms with van der Waals surface area (Å²) in [5.74, 6) is 0. The third-order valence-electron chi connectivity index (χ3n) is 3.59. The van der Waals surface area contributed by atoms with Crippen LogP contribution in [0.5, 0.6) is 0 Å². The summed E-state index contributed by atoms with van der Waals surface area (Å²) in [4.78, 5) is 5.87. The maximum atomic E-state index is 4.49. The lowest BCUT2D eigenvalue weighted by Gasteiger charge is -2.26. The van der Waals surface area contributed by atoms with Crippen molar-refractivity contribution in [2.24, 2.45) is 0 Å². The minimum Gasteiger partial charge on any atom is -0.310 e. The van der Waals surface area contributed by atoms with Gasteiger partial charge in [0.1, 0.15) is 0 Å². The molecule has 2 N–H and O–H groups in total. The molecule has 0 amide bonds. The predicted octanol–water partition coefficient (Wildman–Crippen LogP) is 2.55. The van der Waals surface area contributed by atoms with Gasteiger partial charge >= 0.3 is 0 Å². The lowest BCUT2D eigenvalue weighted by molar-refractivity contribution is 0.368. The summed E-state index contributed by atoms with van der Waals surface area (Å²) in [7, 11) is 0. The average molecular weight is 253 g/mol. The van der Waals surface area contributed by atoms with Crippen molar-refractivity contribution in [3.05, 3.63) is 15.6 Å². The van der Waals surface area contributed by atoms with E-state index in [9.17, 15) is 0 Å². The molecule has 1 aromatic rings. The van der Waals surface area contributed by atoms with Gasteiger partial charge in [-0.05, 0) is 47.1 Å². The van der Waals surface area contributed by atoms with Gasteiger partial charge in [-0.3, -0.25) is 0 Å². The van der Waals surface area contributed by atoms with Crippen LogP contribution in [0.4, 0.5) is 0 Å². The normalized spacial score (nSPS) is 26.4. The third kappa shape index (κ3) is 3.06. The molecule has 1 saturated heterocycles. The Morgan fingerprint density at radius 1 is 1.53 bits per heavy atom. The molecule has 2 heterocycles. The van der Waals surface area contributed by atoms with Gasteiger partial charge in [-0.15, -0.1) is 11.3 Å². The summed E-state index contributed by atoms with van der Waals surface area (Å²) < 4.78 is 0. The Hall–Kier alpha value is -0.450. The minimum atomic E-state index is 0.280. The largest absolute Gasteiger partial charge is 0.310 e. The first kappa shape index (κ1) is 13.0. The lowest BCUT2D eigenvalue weighted by atomic mass is 10.00. The van der Waals surface area contributed by atoms with Crippen LogP contribution in [0, 0.1) is 13.8 Å². The first-order chi connectivity index (χ1) is 8.00. The van der Waals surface area contributed by atoms with Crippen molar-refractivity contribution in [3.63, 3.8) is 0 Å². The molecular formula is C13H23N3S. The molecule has 0 aliphatic carbocycles. The Morgan fingerprint density at radius 2 is 2.29 bits per heavy atom. The van der Waals surface area contributed by atoms with E-state index in [1.165, 1.54) is 23.4 Å². The summed E-state index contributed by atoms with van der Waals surface area (Å²) in [6.45, 7) is 10.9. The fourth-order valence-corrected chi connectivity index (χ4v) is 3.48. The molecule has 0 bridgehead atoms. The van der Waals surface area contributed by atoms with E-state index in [1.807, 2.05) is 11.3 Å². The molecule has 1 fully saturated rings. The SMILES string of the molecule is Cc1nc(C)c(C(C)NCC2(C)CCCN2)s1. The predicted molar refractivity (Wildman–Crippen MR) is 73.6 cm³/mol. The van der Waals surface area contributed by atoms with Gasteiger partial charge in [-0.25, -0.2) is 4.98 Å². The Morgan fingerprint density at radius 3 is 2.82 bits per heavy atom. The van der Waals surface area contributed by atoms with Gasteiger partial charge in [0.05, 0.1) is 10.7 Å². The van der Waals surface area contributed by atoms with Crippen LogP contribution in [0.15, 0.2) is 0 Å². The van der Waals surface area contributed by atoms with Crippen LogP contribution in [0.2, 0.25) is 0 Å². The van der Waals surface area contributed by atoms with Crippen LogP contribution in [0.25, 0.3) is 0 Å². The summed E-state index contributed by atoms with van der Waals surface area (Å²) >= 11 is 1.81. The molecule has 17 heavy (non-hydrogen) atoms. The molecular weight excluding hydrogens is 230 g/mol. The smallest absolute Gasteiger partial charge is 0.0900 e. The second-order valence-electron chi connectivity index (χ2n) is 5.38. The molecule has 2 rings (SSSR count). The van der Waals surface area contributed by atoms with Gasteiger partial charge in [-0.2, -0.15) is 0 Å². The third-order valence-corrected chi connectivity index (χ3v) is 4.84. The zero-order valence-corrected chi connectivity index (χ0v) is 12.1. The fourth-order valence-electron chi connectivity index (χ4n) is 2.53. The first-order valence-electron chi connectivity index (χ1n) is 6.42. The molecule has 96 valence electrons. The van der Waals surface area contributed by atoms with Gasteiger partial charge in [0.25, 0.3) is 0 Å². The van der Waals surface area contributed by atoms with Gasteiger partial charge in [0.15, 0.2) is 0 Å². The lowest BCUT2D eigenvalue weighted by Crippen LogP contribution is -2.46. The number of nitrogens with zero attached hydrogens (tertiary/aromatic N) is 1. The molecule has 2 atom stereocenters. The van der Waals surface area contributed by atoms with Crippen molar-refractivity contribution in [2.75, 3.05) is 13.1 Å². The highest BCUT2D eigenvalue weighted by Gasteiger charge is 2.28. The number of rotatable bonds is 4. The quantitative estimate of drug-likeness (QED) is 0.866. The number of hydrogen-bond acceptors (Lipinski definition) is 4. The number of thiazole rings is 1. The number of aryl methyl sites for hydroxylation is 2. The van der Waals surface area contributed by atoms with Crippen LogP contribution < -0.4 is 10.6 Å². The first-order valence-corrected chi connectivity index (χ1v) is 7.24. The number of nitrogens with one attached hydrogen (secondary N) is 2. The monoisotopic (exact) mass is 253 g/mol. The molecule has 4 heteroatoms. The maximum absolute atomic E-state index is 4.49. The highest BCUT2D eigenvalue weighted by molar-refractivity contribution is 7.11. The van der Waals surface area contributed by atoms with Crippen molar-refractivity contribution in [1.82, 2.24) is 15.6 Å². The molecule has 1 aliphatic rings. The van der Waals surface area contributed by atoms with Gasteiger partial charge in [0.2, 0.25) is 0 Å². The number of aromatic nitrogens is 1. The topological polar surface area (TPSA) is 37.0 Å². The highest BCUT2D eigenvalue weighted by Crippen LogP contribution is 2.25. The van der Waals surface area contributed by atoms with Crippen LogP contribution in [-0.4, -0.2) is 23.6 Å². The molecule has 0 radical (unpaired) electrons. The Kier molecular flexibility index (Phi) is 3.85. The maximum Gasteiger partial charge on any atom is 0.0900 e. The van der Waals surface area contributed by atoms with Crippen molar-refractivity contribution < 1.29 is 0 Å². The van der Waals surface area contributed by atoms with Crippen molar-refractivity contribution in [3.8, 4) is 0 Å². The van der Waals surface area contributed by atoms with Crippen LogP contribution in [0.3, 0.4) is 0 Å². The van der Waals surface area contributed by atoms with Crippen molar-refractivity contribution in [1.29, 1.82) is 0 Å². The van der Waals surface area contributed by atoms with E-state index in [1.54, 1.807) is 0 Å². The summed E-state index contributed by atoms with van der Waals surface area (Å²) in [5, 5.41) is 8.39. The van der Waals surface area contributed by atoms with Crippen molar-refractivity contribution in [2.45, 2.75) is 52.1 Å². The molecule has 2 unspecified atom stereocenters. The van der Waals surface area contributed by atoms with Crippen LogP contribution in [-0.2, 0) is 0 Å².